The average Bonchev–Trinajstić information content (AvgIpc) is 2.50. The molecule has 112 valence electrons. The van der Waals surface area contributed by atoms with Crippen molar-refractivity contribution in [2.24, 2.45) is 0 Å². The van der Waals surface area contributed by atoms with Crippen LogP contribution in [0.1, 0.15) is 17.5 Å². The maximum absolute atomic E-state index is 6.13. The summed E-state index contributed by atoms with van der Waals surface area (Å²) in [5, 5.41) is 4.29. The molecule has 2 aromatic rings. The van der Waals surface area contributed by atoms with Crippen LogP contribution in [0.2, 0.25) is 5.02 Å². The molecule has 0 aliphatic rings. The summed E-state index contributed by atoms with van der Waals surface area (Å²) in [6.07, 6.45) is 1.13. The Morgan fingerprint density at radius 2 is 1.71 bits per heavy atom. The molecule has 21 heavy (non-hydrogen) atoms. The number of rotatable bonds is 8. The van der Waals surface area contributed by atoms with Gasteiger partial charge in [0, 0.05) is 18.1 Å². The Labute approximate surface area is 132 Å². The second-order valence-electron chi connectivity index (χ2n) is 5.35. The highest BCUT2D eigenvalue weighted by atomic mass is 35.5. The van der Waals surface area contributed by atoms with Gasteiger partial charge < -0.3 is 10.2 Å². The van der Waals surface area contributed by atoms with Gasteiger partial charge in [0.25, 0.3) is 0 Å². The van der Waals surface area contributed by atoms with Gasteiger partial charge in [-0.05, 0) is 43.8 Å². The number of nitrogens with one attached hydrogen (secondary N) is 1. The summed E-state index contributed by atoms with van der Waals surface area (Å²) >= 11 is 6.13. The summed E-state index contributed by atoms with van der Waals surface area (Å²) in [5.41, 5.74) is 2.53. The molecule has 0 atom stereocenters. The Balaban J connectivity index is 1.60. The Bertz CT molecular complexity index is 528. The fourth-order valence-corrected chi connectivity index (χ4v) is 2.52. The standard InChI is InChI=1S/C18H23ClN2/c1-21(15-16-8-3-2-4-9-16)13-7-12-20-14-17-10-5-6-11-18(17)19/h2-6,8-11,20H,7,12-15H2,1H3. The molecule has 3 heteroatoms. The predicted octanol–water partition coefficient (Wildman–Crippen LogP) is 3.95. The Kier molecular flexibility index (Phi) is 6.74. The van der Waals surface area contributed by atoms with Crippen LogP contribution in [0.4, 0.5) is 0 Å². The van der Waals surface area contributed by atoms with E-state index in [0.29, 0.717) is 0 Å². The molecule has 0 aromatic heterocycles. The molecule has 2 aromatic carbocycles. The molecule has 0 fully saturated rings. The van der Waals surface area contributed by atoms with Crippen LogP contribution in [0.25, 0.3) is 0 Å². The number of hydrogen-bond donors (Lipinski definition) is 1. The first kappa shape index (κ1) is 16.0. The molecule has 0 aliphatic carbocycles. The molecule has 0 heterocycles. The summed E-state index contributed by atoms with van der Waals surface area (Å²) in [5.74, 6) is 0. The molecule has 1 N–H and O–H groups in total. The molecule has 2 rings (SSSR count). The van der Waals surface area contributed by atoms with Gasteiger partial charge in [-0.3, -0.25) is 0 Å². The molecular weight excluding hydrogens is 280 g/mol. The van der Waals surface area contributed by atoms with Gasteiger partial charge in [-0.15, -0.1) is 0 Å². The zero-order chi connectivity index (χ0) is 14.9. The molecule has 0 bridgehead atoms. The van der Waals surface area contributed by atoms with Gasteiger partial charge in [0.1, 0.15) is 0 Å². The highest BCUT2D eigenvalue weighted by Gasteiger charge is 2.01. The lowest BCUT2D eigenvalue weighted by molar-refractivity contribution is 0.319. The molecule has 0 saturated heterocycles. The third-order valence-electron chi connectivity index (χ3n) is 3.46. The van der Waals surface area contributed by atoms with Crippen molar-refractivity contribution in [1.82, 2.24) is 10.2 Å². The van der Waals surface area contributed by atoms with Crippen LogP contribution in [0.3, 0.4) is 0 Å². The summed E-state index contributed by atoms with van der Waals surface area (Å²) in [6.45, 7) is 3.93. The van der Waals surface area contributed by atoms with E-state index in [1.807, 2.05) is 18.2 Å². The second-order valence-corrected chi connectivity index (χ2v) is 5.75. The first-order valence-electron chi connectivity index (χ1n) is 7.42. The van der Waals surface area contributed by atoms with E-state index in [-0.39, 0.29) is 0 Å². The maximum Gasteiger partial charge on any atom is 0.0450 e. The van der Waals surface area contributed by atoms with Gasteiger partial charge in [-0.2, -0.15) is 0 Å². The van der Waals surface area contributed by atoms with E-state index in [1.54, 1.807) is 0 Å². The van der Waals surface area contributed by atoms with Crippen molar-refractivity contribution in [2.75, 3.05) is 20.1 Å². The molecule has 0 aliphatic heterocycles. The highest BCUT2D eigenvalue weighted by molar-refractivity contribution is 6.31. The molecule has 0 unspecified atom stereocenters. The largest absolute Gasteiger partial charge is 0.313 e. The molecule has 0 saturated carbocycles. The van der Waals surface area contributed by atoms with Crippen molar-refractivity contribution in [1.29, 1.82) is 0 Å². The van der Waals surface area contributed by atoms with E-state index in [1.165, 1.54) is 5.56 Å². The quantitative estimate of drug-likeness (QED) is 0.743. The van der Waals surface area contributed by atoms with Crippen LogP contribution in [-0.4, -0.2) is 25.0 Å². The van der Waals surface area contributed by atoms with Crippen LogP contribution >= 0.6 is 11.6 Å². The maximum atomic E-state index is 6.13. The van der Waals surface area contributed by atoms with Crippen molar-refractivity contribution in [2.45, 2.75) is 19.5 Å². The minimum atomic E-state index is 0.835. The average molecular weight is 303 g/mol. The molecule has 0 radical (unpaired) electrons. The number of nitrogens with zero attached hydrogens (tertiary/aromatic N) is 1. The summed E-state index contributed by atoms with van der Waals surface area (Å²) in [7, 11) is 2.17. The van der Waals surface area contributed by atoms with Crippen molar-refractivity contribution in [3.63, 3.8) is 0 Å². The summed E-state index contributed by atoms with van der Waals surface area (Å²) in [4.78, 5) is 2.35. The molecule has 0 amide bonds. The number of benzene rings is 2. The van der Waals surface area contributed by atoms with Gasteiger partial charge in [-0.1, -0.05) is 60.1 Å². The SMILES string of the molecule is CN(CCCNCc1ccccc1Cl)Cc1ccccc1. The zero-order valence-corrected chi connectivity index (χ0v) is 13.3. The number of halogens is 1. The van der Waals surface area contributed by atoms with E-state index in [2.05, 4.69) is 53.7 Å². The van der Waals surface area contributed by atoms with Crippen LogP contribution < -0.4 is 5.32 Å². The highest BCUT2D eigenvalue weighted by Crippen LogP contribution is 2.14. The normalized spacial score (nSPS) is 11.0. The fourth-order valence-electron chi connectivity index (χ4n) is 2.31. The minimum Gasteiger partial charge on any atom is -0.313 e. The lowest BCUT2D eigenvalue weighted by atomic mass is 10.2. The van der Waals surface area contributed by atoms with Crippen LogP contribution in [0.15, 0.2) is 54.6 Å². The van der Waals surface area contributed by atoms with Gasteiger partial charge in [0.15, 0.2) is 0 Å². The first-order valence-corrected chi connectivity index (χ1v) is 7.80. The Morgan fingerprint density at radius 3 is 2.48 bits per heavy atom. The van der Waals surface area contributed by atoms with Gasteiger partial charge in [-0.25, -0.2) is 0 Å². The van der Waals surface area contributed by atoms with E-state index in [9.17, 15) is 0 Å². The first-order chi connectivity index (χ1) is 10.3. The lowest BCUT2D eigenvalue weighted by Gasteiger charge is -2.16. The minimum absolute atomic E-state index is 0.835. The molecule has 2 nitrogen and oxygen atoms in total. The lowest BCUT2D eigenvalue weighted by Crippen LogP contribution is -2.23. The molecule has 0 spiro atoms. The fraction of sp³-hybridized carbons (Fsp3) is 0.333. The Morgan fingerprint density at radius 1 is 1.00 bits per heavy atom. The topological polar surface area (TPSA) is 15.3 Å². The third kappa shape index (κ3) is 5.88. The number of hydrogen-bond acceptors (Lipinski definition) is 2. The summed E-state index contributed by atoms with van der Waals surface area (Å²) < 4.78 is 0. The smallest absolute Gasteiger partial charge is 0.0450 e. The zero-order valence-electron chi connectivity index (χ0n) is 12.6. The van der Waals surface area contributed by atoms with Crippen LogP contribution in [0.5, 0.6) is 0 Å². The second kappa shape index (κ2) is 8.83. The van der Waals surface area contributed by atoms with E-state index < -0.39 is 0 Å². The predicted molar refractivity (Wildman–Crippen MR) is 90.6 cm³/mol. The van der Waals surface area contributed by atoms with Crippen molar-refractivity contribution >= 4 is 11.6 Å². The Hall–Kier alpha value is -1.35. The van der Waals surface area contributed by atoms with E-state index in [4.69, 9.17) is 11.6 Å². The van der Waals surface area contributed by atoms with Gasteiger partial charge >= 0.3 is 0 Å². The van der Waals surface area contributed by atoms with Crippen LogP contribution in [0, 0.1) is 0 Å². The van der Waals surface area contributed by atoms with Gasteiger partial charge in [0.2, 0.25) is 0 Å². The monoisotopic (exact) mass is 302 g/mol. The van der Waals surface area contributed by atoms with E-state index in [0.717, 1.165) is 43.2 Å². The molecular formula is C18H23ClN2. The van der Waals surface area contributed by atoms with Crippen LogP contribution in [-0.2, 0) is 13.1 Å². The van der Waals surface area contributed by atoms with Gasteiger partial charge in [0.05, 0.1) is 0 Å². The summed E-state index contributed by atoms with van der Waals surface area (Å²) in [6, 6.07) is 18.6. The third-order valence-corrected chi connectivity index (χ3v) is 3.83. The van der Waals surface area contributed by atoms with E-state index >= 15 is 0 Å². The van der Waals surface area contributed by atoms with Crippen molar-refractivity contribution < 1.29 is 0 Å². The van der Waals surface area contributed by atoms with Crippen molar-refractivity contribution in [3.8, 4) is 0 Å². The van der Waals surface area contributed by atoms with Crippen molar-refractivity contribution in [3.05, 3.63) is 70.7 Å².